The Morgan fingerprint density at radius 1 is 0.929 bits per heavy atom. The van der Waals surface area contributed by atoms with Crippen LogP contribution >= 0.6 is 0 Å². The molecule has 0 saturated heterocycles. The molecule has 0 heterocycles. The Morgan fingerprint density at radius 3 is 2.11 bits per heavy atom. The average molecular weight is 375 g/mol. The second-order valence-corrected chi connectivity index (χ2v) is 6.84. The molecule has 5 heteroatoms. The predicted octanol–water partition coefficient (Wildman–Crippen LogP) is 3.75. The standard InChI is InChI=1S/C23H18FNO3/c24-15-7-5-6-14(12-15)13-20(26)25-22(23(27)28)21-18-10-3-1-8-16(18)17-9-2-4-11-19(17)21/h1-12,21-22H,13H2,(H,25,26)(H,27,28)/t22-/m1/s1. The van der Waals surface area contributed by atoms with Crippen LogP contribution in [0.1, 0.15) is 22.6 Å². The van der Waals surface area contributed by atoms with Crippen LogP contribution in [0.15, 0.2) is 72.8 Å². The highest BCUT2D eigenvalue weighted by Gasteiger charge is 2.38. The fourth-order valence-electron chi connectivity index (χ4n) is 3.90. The summed E-state index contributed by atoms with van der Waals surface area (Å²) >= 11 is 0. The lowest BCUT2D eigenvalue weighted by Gasteiger charge is -2.23. The van der Waals surface area contributed by atoms with E-state index in [1.807, 2.05) is 48.5 Å². The fourth-order valence-corrected chi connectivity index (χ4v) is 3.90. The van der Waals surface area contributed by atoms with E-state index in [0.29, 0.717) is 5.56 Å². The third-order valence-corrected chi connectivity index (χ3v) is 5.05. The van der Waals surface area contributed by atoms with Crippen LogP contribution in [0.25, 0.3) is 11.1 Å². The lowest BCUT2D eigenvalue weighted by Crippen LogP contribution is -2.45. The topological polar surface area (TPSA) is 66.4 Å². The molecule has 0 aliphatic heterocycles. The highest BCUT2D eigenvalue weighted by molar-refractivity contribution is 5.89. The van der Waals surface area contributed by atoms with Crippen LogP contribution < -0.4 is 5.32 Å². The molecular formula is C23H18FNO3. The Bertz CT molecular complexity index is 1020. The summed E-state index contributed by atoms with van der Waals surface area (Å²) in [6.07, 6.45) is -0.0858. The summed E-state index contributed by atoms with van der Waals surface area (Å²) < 4.78 is 13.4. The molecule has 0 saturated carbocycles. The number of rotatable bonds is 5. The van der Waals surface area contributed by atoms with Crippen molar-refractivity contribution in [1.82, 2.24) is 5.32 Å². The van der Waals surface area contributed by atoms with E-state index in [9.17, 15) is 19.1 Å². The maximum absolute atomic E-state index is 13.4. The van der Waals surface area contributed by atoms with Crippen molar-refractivity contribution in [2.24, 2.45) is 0 Å². The lowest BCUT2D eigenvalue weighted by molar-refractivity contribution is -0.142. The highest BCUT2D eigenvalue weighted by Crippen LogP contribution is 2.46. The van der Waals surface area contributed by atoms with Crippen LogP contribution in [0.2, 0.25) is 0 Å². The first-order valence-electron chi connectivity index (χ1n) is 8.99. The molecule has 3 aromatic carbocycles. The molecule has 2 N–H and O–H groups in total. The number of nitrogens with one attached hydrogen (secondary N) is 1. The number of carbonyl (C=O) groups excluding carboxylic acids is 1. The number of benzene rings is 3. The normalized spacial score (nSPS) is 13.5. The zero-order chi connectivity index (χ0) is 19.7. The number of carbonyl (C=O) groups is 2. The van der Waals surface area contributed by atoms with Gasteiger partial charge in [0.25, 0.3) is 0 Å². The number of amides is 1. The molecule has 1 aliphatic rings. The number of aliphatic carboxylic acids is 1. The zero-order valence-corrected chi connectivity index (χ0v) is 14.9. The summed E-state index contributed by atoms with van der Waals surface area (Å²) in [6.45, 7) is 0. The van der Waals surface area contributed by atoms with Crippen molar-refractivity contribution < 1.29 is 19.1 Å². The smallest absolute Gasteiger partial charge is 0.327 e. The van der Waals surface area contributed by atoms with Crippen LogP contribution in [0, 0.1) is 5.82 Å². The van der Waals surface area contributed by atoms with Gasteiger partial charge in [0.1, 0.15) is 11.9 Å². The second kappa shape index (κ2) is 7.27. The molecule has 3 aromatic rings. The maximum atomic E-state index is 13.4. The van der Waals surface area contributed by atoms with Gasteiger partial charge in [-0.2, -0.15) is 0 Å². The quantitative estimate of drug-likeness (QED) is 0.714. The van der Waals surface area contributed by atoms with Crippen molar-refractivity contribution >= 4 is 11.9 Å². The summed E-state index contributed by atoms with van der Waals surface area (Å²) in [4.78, 5) is 24.6. The van der Waals surface area contributed by atoms with Crippen LogP contribution in [0.5, 0.6) is 0 Å². The predicted molar refractivity (Wildman–Crippen MR) is 103 cm³/mol. The third kappa shape index (κ3) is 3.27. The van der Waals surface area contributed by atoms with E-state index in [1.165, 1.54) is 18.2 Å². The highest BCUT2D eigenvalue weighted by atomic mass is 19.1. The molecule has 0 radical (unpaired) electrons. The van der Waals surface area contributed by atoms with Crippen molar-refractivity contribution in [3.8, 4) is 11.1 Å². The second-order valence-electron chi connectivity index (χ2n) is 6.84. The summed E-state index contributed by atoms with van der Waals surface area (Å²) in [7, 11) is 0. The van der Waals surface area contributed by atoms with Gasteiger partial charge < -0.3 is 10.4 Å². The third-order valence-electron chi connectivity index (χ3n) is 5.05. The van der Waals surface area contributed by atoms with Crippen molar-refractivity contribution in [1.29, 1.82) is 0 Å². The lowest BCUT2D eigenvalue weighted by atomic mass is 9.89. The zero-order valence-electron chi connectivity index (χ0n) is 14.9. The van der Waals surface area contributed by atoms with Crippen LogP contribution in [0.4, 0.5) is 4.39 Å². The molecule has 4 nitrogen and oxygen atoms in total. The molecular weight excluding hydrogens is 357 g/mol. The summed E-state index contributed by atoms with van der Waals surface area (Å²) in [5.74, 6) is -2.48. The molecule has 0 bridgehead atoms. The minimum absolute atomic E-state index is 0.0858. The van der Waals surface area contributed by atoms with Gasteiger partial charge in [-0.15, -0.1) is 0 Å². The summed E-state index contributed by atoms with van der Waals surface area (Å²) in [5.41, 5.74) is 4.21. The number of hydrogen-bond acceptors (Lipinski definition) is 2. The van der Waals surface area contributed by atoms with Gasteiger partial charge in [-0.1, -0.05) is 60.7 Å². The molecule has 140 valence electrons. The van der Waals surface area contributed by atoms with Crippen LogP contribution in [-0.4, -0.2) is 23.0 Å². The molecule has 1 atom stereocenters. The summed E-state index contributed by atoms with van der Waals surface area (Å²) in [5, 5.41) is 12.5. The Kier molecular flexibility index (Phi) is 4.65. The van der Waals surface area contributed by atoms with E-state index in [-0.39, 0.29) is 6.42 Å². The van der Waals surface area contributed by atoms with Gasteiger partial charge in [0, 0.05) is 5.92 Å². The Hall–Kier alpha value is -3.47. The molecule has 4 rings (SSSR count). The SMILES string of the molecule is O=C(Cc1cccc(F)c1)N[C@@H](C(=O)O)C1c2ccccc2-c2ccccc21. The first-order chi connectivity index (χ1) is 13.5. The minimum Gasteiger partial charge on any atom is -0.480 e. The van der Waals surface area contributed by atoms with Crippen molar-refractivity contribution in [2.75, 3.05) is 0 Å². The summed E-state index contributed by atoms with van der Waals surface area (Å²) in [6, 6.07) is 19.9. The van der Waals surface area contributed by atoms with E-state index in [4.69, 9.17) is 0 Å². The Morgan fingerprint density at radius 2 is 1.54 bits per heavy atom. The van der Waals surface area contributed by atoms with Gasteiger partial charge in [0.05, 0.1) is 6.42 Å². The van der Waals surface area contributed by atoms with Gasteiger partial charge in [-0.25, -0.2) is 9.18 Å². The van der Waals surface area contributed by atoms with Crippen LogP contribution in [0.3, 0.4) is 0 Å². The van der Waals surface area contributed by atoms with Crippen molar-refractivity contribution in [3.63, 3.8) is 0 Å². The minimum atomic E-state index is -1.12. The number of halogens is 1. The van der Waals surface area contributed by atoms with E-state index < -0.39 is 29.7 Å². The molecule has 0 fully saturated rings. The molecule has 1 amide bonds. The number of fused-ring (bicyclic) bond motifs is 3. The average Bonchev–Trinajstić information content (AvgIpc) is 3.00. The number of carboxylic acids is 1. The van der Waals surface area contributed by atoms with Gasteiger partial charge in [-0.3, -0.25) is 4.79 Å². The molecule has 0 aromatic heterocycles. The van der Waals surface area contributed by atoms with E-state index in [1.54, 1.807) is 6.07 Å². The first-order valence-corrected chi connectivity index (χ1v) is 8.99. The van der Waals surface area contributed by atoms with E-state index in [0.717, 1.165) is 22.3 Å². The van der Waals surface area contributed by atoms with E-state index in [2.05, 4.69) is 5.32 Å². The van der Waals surface area contributed by atoms with Crippen LogP contribution in [-0.2, 0) is 16.0 Å². The first kappa shape index (κ1) is 17.9. The van der Waals surface area contributed by atoms with Crippen molar-refractivity contribution in [2.45, 2.75) is 18.4 Å². The Balaban J connectivity index is 1.65. The van der Waals surface area contributed by atoms with Gasteiger partial charge in [-0.05, 0) is 39.9 Å². The largest absolute Gasteiger partial charge is 0.480 e. The molecule has 28 heavy (non-hydrogen) atoms. The van der Waals surface area contributed by atoms with Gasteiger partial charge in [0.15, 0.2) is 0 Å². The molecule has 0 spiro atoms. The number of hydrogen-bond donors (Lipinski definition) is 2. The van der Waals surface area contributed by atoms with Gasteiger partial charge >= 0.3 is 5.97 Å². The number of carboxylic acid groups (broad SMARTS) is 1. The Labute approximate surface area is 161 Å². The monoisotopic (exact) mass is 375 g/mol. The van der Waals surface area contributed by atoms with E-state index >= 15 is 0 Å². The maximum Gasteiger partial charge on any atom is 0.327 e. The fraction of sp³-hybridized carbons (Fsp3) is 0.130. The molecule has 1 aliphatic carbocycles. The van der Waals surface area contributed by atoms with Gasteiger partial charge in [0.2, 0.25) is 5.91 Å². The molecule has 0 unspecified atom stereocenters. The van der Waals surface area contributed by atoms with Crippen molar-refractivity contribution in [3.05, 3.63) is 95.3 Å².